The summed E-state index contributed by atoms with van der Waals surface area (Å²) >= 11 is 6.10. The molecule has 1 atom stereocenters. The topological polar surface area (TPSA) is 63.9 Å². The number of piperidine rings is 1. The van der Waals surface area contributed by atoms with Crippen molar-refractivity contribution in [2.45, 2.75) is 32.2 Å². The molecule has 132 valence electrons. The van der Waals surface area contributed by atoms with Crippen LogP contribution in [0.15, 0.2) is 30.5 Å². The second-order valence-corrected chi connectivity index (χ2v) is 6.45. The normalized spacial score (nSPS) is 18.0. The maximum atomic E-state index is 12.2. The van der Waals surface area contributed by atoms with E-state index < -0.39 is 5.97 Å². The van der Waals surface area contributed by atoms with Crippen molar-refractivity contribution in [1.82, 2.24) is 14.3 Å². The predicted octanol–water partition coefficient (Wildman–Crippen LogP) is 2.95. The van der Waals surface area contributed by atoms with Crippen LogP contribution in [0.5, 0.6) is 0 Å². The molecule has 2 aromatic rings. The number of ether oxygens (including phenoxy) is 1. The summed E-state index contributed by atoms with van der Waals surface area (Å²) in [4.78, 5) is 30.0. The molecular formula is C18H20ClN3O3. The molecule has 0 saturated carbocycles. The first-order valence-electron chi connectivity index (χ1n) is 8.33. The molecule has 0 N–H and O–H groups in total. The number of aromatic nitrogens is 2. The number of hydrogen-bond donors (Lipinski definition) is 0. The van der Waals surface area contributed by atoms with E-state index in [1.54, 1.807) is 21.6 Å². The highest BCUT2D eigenvalue weighted by Gasteiger charge is 2.23. The van der Waals surface area contributed by atoms with Gasteiger partial charge in [-0.1, -0.05) is 17.7 Å². The number of carbonyl (C=O) groups is 2. The first-order chi connectivity index (χ1) is 12.1. The number of nitrogens with zero attached hydrogens (tertiary/aromatic N) is 3. The van der Waals surface area contributed by atoms with Crippen LogP contribution in [-0.4, -0.2) is 45.4 Å². The van der Waals surface area contributed by atoms with E-state index in [-0.39, 0.29) is 18.6 Å². The average molecular weight is 362 g/mol. The second kappa shape index (κ2) is 7.70. The number of likely N-dealkylation sites (tertiary alicyclic amines) is 1. The molecule has 2 aromatic heterocycles. The van der Waals surface area contributed by atoms with E-state index >= 15 is 0 Å². The van der Waals surface area contributed by atoms with Crippen LogP contribution in [0, 0.1) is 0 Å². The molecule has 0 unspecified atom stereocenters. The Morgan fingerprint density at radius 1 is 1.40 bits per heavy atom. The third-order valence-corrected chi connectivity index (χ3v) is 4.64. The summed E-state index contributed by atoms with van der Waals surface area (Å²) in [7, 11) is 0. The zero-order valence-electron chi connectivity index (χ0n) is 14.0. The zero-order valence-corrected chi connectivity index (χ0v) is 14.8. The van der Waals surface area contributed by atoms with Crippen LogP contribution in [-0.2, 0) is 14.3 Å². The summed E-state index contributed by atoms with van der Waals surface area (Å²) in [6.45, 7) is 2.50. The molecule has 25 heavy (non-hydrogen) atoms. The molecule has 3 rings (SSSR count). The molecule has 0 aromatic carbocycles. The van der Waals surface area contributed by atoms with Gasteiger partial charge >= 0.3 is 5.97 Å². The minimum atomic E-state index is -0.583. The molecule has 1 aliphatic rings. The van der Waals surface area contributed by atoms with E-state index in [9.17, 15) is 9.59 Å². The van der Waals surface area contributed by atoms with Crippen LogP contribution in [0.25, 0.3) is 11.7 Å². The van der Waals surface area contributed by atoms with E-state index in [2.05, 4.69) is 4.98 Å². The molecule has 0 spiro atoms. The summed E-state index contributed by atoms with van der Waals surface area (Å²) in [5.74, 6) is -0.734. The lowest BCUT2D eigenvalue weighted by molar-refractivity contribution is -0.149. The number of hydrogen-bond acceptors (Lipinski definition) is 4. The Hall–Kier alpha value is -2.34. The van der Waals surface area contributed by atoms with Gasteiger partial charge in [0.05, 0.1) is 5.69 Å². The van der Waals surface area contributed by atoms with Gasteiger partial charge in [0.25, 0.3) is 5.91 Å². The summed E-state index contributed by atoms with van der Waals surface area (Å²) in [6, 6.07) is 5.72. The maximum Gasteiger partial charge on any atom is 0.331 e. The number of imidazole rings is 1. The summed E-state index contributed by atoms with van der Waals surface area (Å²) in [6.07, 6.45) is 7.73. The summed E-state index contributed by atoms with van der Waals surface area (Å²) < 4.78 is 6.84. The van der Waals surface area contributed by atoms with E-state index in [1.807, 2.05) is 25.1 Å². The number of pyridine rings is 1. The lowest BCUT2D eigenvalue weighted by Gasteiger charge is -2.33. The summed E-state index contributed by atoms with van der Waals surface area (Å²) in [5.41, 5.74) is 1.28. The van der Waals surface area contributed by atoms with Crippen molar-refractivity contribution in [2.24, 2.45) is 0 Å². The number of halogens is 1. The van der Waals surface area contributed by atoms with Crippen LogP contribution in [0.2, 0.25) is 5.15 Å². The molecule has 0 aliphatic carbocycles. The second-order valence-electron chi connectivity index (χ2n) is 6.09. The zero-order chi connectivity index (χ0) is 17.8. The van der Waals surface area contributed by atoms with Gasteiger partial charge in [0.1, 0.15) is 5.65 Å². The fourth-order valence-corrected chi connectivity index (χ4v) is 3.26. The average Bonchev–Trinajstić information content (AvgIpc) is 2.93. The van der Waals surface area contributed by atoms with Crippen molar-refractivity contribution in [2.75, 3.05) is 13.2 Å². The van der Waals surface area contributed by atoms with E-state index in [0.29, 0.717) is 16.5 Å². The molecule has 1 saturated heterocycles. The van der Waals surface area contributed by atoms with Gasteiger partial charge in [-0.15, -0.1) is 0 Å². The van der Waals surface area contributed by atoms with Gasteiger partial charge in [0, 0.05) is 24.9 Å². The van der Waals surface area contributed by atoms with Crippen LogP contribution in [0.4, 0.5) is 0 Å². The number of carbonyl (C=O) groups excluding carboxylic acids is 2. The van der Waals surface area contributed by atoms with Crippen molar-refractivity contribution in [1.29, 1.82) is 0 Å². The Bertz CT molecular complexity index is 815. The predicted molar refractivity (Wildman–Crippen MR) is 95.2 cm³/mol. The SMILES string of the molecule is C[C@@H]1CCCCN1C(=O)COC(=O)/C=C/c1c(Cl)nc2ccccn12. The fraction of sp³-hybridized carbons (Fsp3) is 0.389. The Morgan fingerprint density at radius 2 is 2.24 bits per heavy atom. The molecule has 7 heteroatoms. The number of esters is 1. The molecular weight excluding hydrogens is 342 g/mol. The minimum Gasteiger partial charge on any atom is -0.452 e. The van der Waals surface area contributed by atoms with Crippen molar-refractivity contribution in [3.8, 4) is 0 Å². The maximum absolute atomic E-state index is 12.2. The van der Waals surface area contributed by atoms with E-state index in [4.69, 9.17) is 16.3 Å². The first-order valence-corrected chi connectivity index (χ1v) is 8.71. The van der Waals surface area contributed by atoms with Gasteiger partial charge in [-0.3, -0.25) is 9.20 Å². The van der Waals surface area contributed by atoms with Gasteiger partial charge in [0.2, 0.25) is 0 Å². The Morgan fingerprint density at radius 3 is 3.04 bits per heavy atom. The number of rotatable bonds is 4. The minimum absolute atomic E-state index is 0.151. The van der Waals surface area contributed by atoms with Crippen molar-refractivity contribution >= 4 is 35.2 Å². The van der Waals surface area contributed by atoms with Gasteiger partial charge in [-0.05, 0) is 44.4 Å². The largest absolute Gasteiger partial charge is 0.452 e. The Kier molecular flexibility index (Phi) is 5.38. The lowest BCUT2D eigenvalue weighted by atomic mass is 10.0. The first kappa shape index (κ1) is 17.5. The van der Waals surface area contributed by atoms with Gasteiger partial charge < -0.3 is 9.64 Å². The van der Waals surface area contributed by atoms with E-state index in [0.717, 1.165) is 25.8 Å². The van der Waals surface area contributed by atoms with Gasteiger partial charge in [-0.25, -0.2) is 9.78 Å². The number of fused-ring (bicyclic) bond motifs is 1. The smallest absolute Gasteiger partial charge is 0.331 e. The van der Waals surface area contributed by atoms with Crippen LogP contribution in [0.3, 0.4) is 0 Å². The molecule has 1 aliphatic heterocycles. The van der Waals surface area contributed by atoms with E-state index in [1.165, 1.54) is 6.08 Å². The van der Waals surface area contributed by atoms with Crippen LogP contribution < -0.4 is 0 Å². The van der Waals surface area contributed by atoms with Crippen LogP contribution in [0.1, 0.15) is 31.9 Å². The molecule has 1 amide bonds. The highest BCUT2D eigenvalue weighted by Crippen LogP contribution is 2.19. The molecule has 3 heterocycles. The molecule has 6 nitrogen and oxygen atoms in total. The number of amides is 1. The van der Waals surface area contributed by atoms with Crippen molar-refractivity contribution in [3.63, 3.8) is 0 Å². The van der Waals surface area contributed by atoms with Gasteiger partial charge in [-0.2, -0.15) is 0 Å². The lowest BCUT2D eigenvalue weighted by Crippen LogP contribution is -2.44. The van der Waals surface area contributed by atoms with Crippen molar-refractivity contribution in [3.05, 3.63) is 41.3 Å². The Labute approximate surface area is 151 Å². The van der Waals surface area contributed by atoms with Gasteiger partial charge in [0.15, 0.2) is 11.8 Å². The molecule has 1 fully saturated rings. The quantitative estimate of drug-likeness (QED) is 0.620. The molecule has 0 bridgehead atoms. The van der Waals surface area contributed by atoms with Crippen molar-refractivity contribution < 1.29 is 14.3 Å². The fourth-order valence-electron chi connectivity index (χ4n) is 3.01. The standard InChI is InChI=1S/C18H20ClN3O3/c1-13-6-2-4-10-21(13)16(23)12-25-17(24)9-8-14-18(19)20-15-7-3-5-11-22(14)15/h3,5,7-9,11,13H,2,4,6,10,12H2,1H3/b9-8+/t13-/m1/s1. The summed E-state index contributed by atoms with van der Waals surface area (Å²) in [5, 5.41) is 0.300. The highest BCUT2D eigenvalue weighted by molar-refractivity contribution is 6.31. The third kappa shape index (κ3) is 4.02. The highest BCUT2D eigenvalue weighted by atomic mass is 35.5. The Balaban J connectivity index is 1.59. The third-order valence-electron chi connectivity index (χ3n) is 4.36. The monoisotopic (exact) mass is 361 g/mol. The van der Waals surface area contributed by atoms with Crippen LogP contribution >= 0.6 is 11.6 Å². The molecule has 0 radical (unpaired) electrons.